The average molecular weight is 305 g/mol. The first-order valence-electron chi connectivity index (χ1n) is 7.17. The molecule has 22 heavy (non-hydrogen) atoms. The zero-order valence-electron chi connectivity index (χ0n) is 12.7. The summed E-state index contributed by atoms with van der Waals surface area (Å²) in [4.78, 5) is 12.1. The minimum Gasteiger partial charge on any atom is -0.391 e. The lowest BCUT2D eigenvalue weighted by Crippen LogP contribution is -2.28. The van der Waals surface area contributed by atoms with Crippen LogP contribution < -0.4 is 11.3 Å². The number of benzene rings is 1. The Morgan fingerprint density at radius 2 is 2.05 bits per heavy atom. The molecule has 0 aliphatic carbocycles. The van der Waals surface area contributed by atoms with Gasteiger partial charge in [-0.1, -0.05) is 26.0 Å². The molecule has 1 aromatic heterocycles. The van der Waals surface area contributed by atoms with Gasteiger partial charge in [0.1, 0.15) is 5.82 Å². The summed E-state index contributed by atoms with van der Waals surface area (Å²) in [7, 11) is 0. The molecule has 0 atom stereocenters. The highest BCUT2D eigenvalue weighted by atomic mass is 19.1. The number of hydrogen-bond acceptors (Lipinski definition) is 4. The van der Waals surface area contributed by atoms with Gasteiger partial charge in [0.25, 0.3) is 5.56 Å². The van der Waals surface area contributed by atoms with Crippen LogP contribution in [0.1, 0.15) is 25.0 Å². The Balaban J connectivity index is 2.55. The number of nitrogens with zero attached hydrogens (tertiary/aromatic N) is 2. The summed E-state index contributed by atoms with van der Waals surface area (Å²) < 4.78 is 15.2. The van der Waals surface area contributed by atoms with Gasteiger partial charge < -0.3 is 10.8 Å². The van der Waals surface area contributed by atoms with Gasteiger partial charge in [-0.15, -0.1) is 0 Å². The van der Waals surface area contributed by atoms with Crippen molar-refractivity contribution in [3.05, 3.63) is 51.6 Å². The number of rotatable bonds is 5. The van der Waals surface area contributed by atoms with E-state index in [0.717, 1.165) is 0 Å². The third-order valence-electron chi connectivity index (χ3n) is 3.33. The average Bonchev–Trinajstić information content (AvgIpc) is 2.48. The number of halogens is 1. The Morgan fingerprint density at radius 3 is 2.59 bits per heavy atom. The normalized spacial score (nSPS) is 11.2. The van der Waals surface area contributed by atoms with Crippen molar-refractivity contribution in [2.75, 3.05) is 0 Å². The van der Waals surface area contributed by atoms with Crippen molar-refractivity contribution in [2.45, 2.75) is 33.5 Å². The highest BCUT2D eigenvalue weighted by Gasteiger charge is 2.12. The molecule has 0 aliphatic rings. The van der Waals surface area contributed by atoms with E-state index in [9.17, 15) is 14.3 Å². The summed E-state index contributed by atoms with van der Waals surface area (Å²) in [6.07, 6.45) is 0. The van der Waals surface area contributed by atoms with Crippen LogP contribution in [0.15, 0.2) is 29.1 Å². The SMILES string of the molecule is CC(C)Cn1nc(-c2ccc(CN)c(F)c2)cc(CO)c1=O. The van der Waals surface area contributed by atoms with Crippen LogP contribution in [0.4, 0.5) is 4.39 Å². The third-order valence-corrected chi connectivity index (χ3v) is 3.33. The number of aromatic nitrogens is 2. The van der Waals surface area contributed by atoms with Gasteiger partial charge in [0.2, 0.25) is 0 Å². The fraction of sp³-hybridized carbons (Fsp3) is 0.375. The zero-order chi connectivity index (χ0) is 16.3. The topological polar surface area (TPSA) is 81.1 Å². The standard InChI is InChI=1S/C16H20FN3O2/c1-10(2)8-20-16(22)13(9-21)6-15(19-20)11-3-4-12(7-18)14(17)5-11/h3-6,10,21H,7-9,18H2,1-2H3. The van der Waals surface area contributed by atoms with Crippen LogP contribution >= 0.6 is 0 Å². The van der Waals surface area contributed by atoms with Crippen molar-refractivity contribution in [2.24, 2.45) is 11.7 Å². The second kappa shape index (κ2) is 6.81. The fourth-order valence-corrected chi connectivity index (χ4v) is 2.19. The van der Waals surface area contributed by atoms with E-state index in [0.29, 0.717) is 23.4 Å². The lowest BCUT2D eigenvalue weighted by Gasteiger charge is -2.12. The zero-order valence-corrected chi connectivity index (χ0v) is 12.7. The number of aliphatic hydroxyl groups is 1. The van der Waals surface area contributed by atoms with Crippen LogP contribution in [0.2, 0.25) is 0 Å². The Labute approximate surface area is 128 Å². The number of hydrogen-bond donors (Lipinski definition) is 2. The van der Waals surface area contributed by atoms with E-state index < -0.39 is 5.82 Å². The molecule has 1 heterocycles. The van der Waals surface area contributed by atoms with Crippen molar-refractivity contribution >= 4 is 0 Å². The molecule has 0 amide bonds. The molecule has 0 saturated carbocycles. The van der Waals surface area contributed by atoms with Crippen molar-refractivity contribution in [3.8, 4) is 11.3 Å². The maximum absolute atomic E-state index is 13.9. The van der Waals surface area contributed by atoms with E-state index in [2.05, 4.69) is 5.10 Å². The van der Waals surface area contributed by atoms with Gasteiger partial charge >= 0.3 is 0 Å². The molecule has 0 bridgehead atoms. The van der Waals surface area contributed by atoms with Crippen LogP contribution in [0.5, 0.6) is 0 Å². The number of nitrogens with two attached hydrogens (primary N) is 1. The molecule has 2 aromatic rings. The molecule has 0 unspecified atom stereocenters. The van der Waals surface area contributed by atoms with Crippen molar-refractivity contribution in [1.29, 1.82) is 0 Å². The van der Waals surface area contributed by atoms with Crippen LogP contribution in [-0.4, -0.2) is 14.9 Å². The molecule has 2 rings (SSSR count). The molecule has 0 spiro atoms. The van der Waals surface area contributed by atoms with Gasteiger partial charge in [-0.3, -0.25) is 4.79 Å². The Bertz CT molecular complexity index is 726. The summed E-state index contributed by atoms with van der Waals surface area (Å²) in [6.45, 7) is 4.11. The van der Waals surface area contributed by atoms with Crippen LogP contribution in [0, 0.1) is 11.7 Å². The fourth-order valence-electron chi connectivity index (χ4n) is 2.19. The van der Waals surface area contributed by atoms with Gasteiger partial charge in [-0.25, -0.2) is 9.07 Å². The summed E-state index contributed by atoms with van der Waals surface area (Å²) in [5.74, 6) is -0.183. The van der Waals surface area contributed by atoms with Gasteiger partial charge in [0, 0.05) is 29.8 Å². The highest BCUT2D eigenvalue weighted by Crippen LogP contribution is 2.20. The molecule has 0 aliphatic heterocycles. The lowest BCUT2D eigenvalue weighted by atomic mass is 10.1. The van der Waals surface area contributed by atoms with Crippen molar-refractivity contribution < 1.29 is 9.50 Å². The van der Waals surface area contributed by atoms with E-state index in [1.807, 2.05) is 13.8 Å². The van der Waals surface area contributed by atoms with Gasteiger partial charge in [-0.2, -0.15) is 5.10 Å². The maximum Gasteiger partial charge on any atom is 0.272 e. The van der Waals surface area contributed by atoms with E-state index >= 15 is 0 Å². The van der Waals surface area contributed by atoms with Gasteiger partial charge in [-0.05, 0) is 18.1 Å². The predicted molar refractivity (Wildman–Crippen MR) is 82.5 cm³/mol. The molecule has 5 nitrogen and oxygen atoms in total. The molecule has 0 radical (unpaired) electrons. The highest BCUT2D eigenvalue weighted by molar-refractivity contribution is 5.59. The van der Waals surface area contributed by atoms with Crippen LogP contribution in [0.3, 0.4) is 0 Å². The Morgan fingerprint density at radius 1 is 1.32 bits per heavy atom. The van der Waals surface area contributed by atoms with E-state index in [4.69, 9.17) is 5.73 Å². The first kappa shape index (κ1) is 16.3. The third kappa shape index (κ3) is 3.40. The maximum atomic E-state index is 13.9. The number of aliphatic hydroxyl groups excluding tert-OH is 1. The molecule has 3 N–H and O–H groups in total. The van der Waals surface area contributed by atoms with Crippen molar-refractivity contribution in [1.82, 2.24) is 9.78 Å². The molecule has 118 valence electrons. The predicted octanol–water partition coefficient (Wildman–Crippen LogP) is 1.66. The molecule has 0 saturated heterocycles. The Kier molecular flexibility index (Phi) is 5.05. The van der Waals surface area contributed by atoms with Gasteiger partial charge in [0.05, 0.1) is 12.3 Å². The quantitative estimate of drug-likeness (QED) is 0.880. The van der Waals surface area contributed by atoms with Crippen LogP contribution in [0.25, 0.3) is 11.3 Å². The molecule has 6 heteroatoms. The summed E-state index contributed by atoms with van der Waals surface area (Å²) >= 11 is 0. The smallest absolute Gasteiger partial charge is 0.272 e. The first-order valence-corrected chi connectivity index (χ1v) is 7.17. The van der Waals surface area contributed by atoms with Crippen LogP contribution in [-0.2, 0) is 19.7 Å². The minimum atomic E-state index is -0.408. The second-order valence-electron chi connectivity index (χ2n) is 5.60. The van der Waals surface area contributed by atoms with E-state index in [-0.39, 0.29) is 30.2 Å². The van der Waals surface area contributed by atoms with E-state index in [1.54, 1.807) is 12.1 Å². The largest absolute Gasteiger partial charge is 0.391 e. The van der Waals surface area contributed by atoms with E-state index in [1.165, 1.54) is 16.8 Å². The molecular formula is C16H20FN3O2. The molecule has 1 aromatic carbocycles. The second-order valence-corrected chi connectivity index (χ2v) is 5.60. The molecular weight excluding hydrogens is 285 g/mol. The lowest BCUT2D eigenvalue weighted by molar-refractivity contribution is 0.277. The molecule has 0 fully saturated rings. The summed E-state index contributed by atoms with van der Waals surface area (Å²) in [6, 6.07) is 6.15. The minimum absolute atomic E-state index is 0.119. The monoisotopic (exact) mass is 305 g/mol. The summed E-state index contributed by atoms with van der Waals surface area (Å²) in [5.41, 5.74) is 6.79. The van der Waals surface area contributed by atoms with Gasteiger partial charge in [0.15, 0.2) is 0 Å². The first-order chi connectivity index (χ1) is 10.5. The summed E-state index contributed by atoms with van der Waals surface area (Å²) in [5, 5.41) is 13.6. The Hall–Kier alpha value is -2.05. The van der Waals surface area contributed by atoms with Crippen molar-refractivity contribution in [3.63, 3.8) is 0 Å².